The molecular weight excluding hydrogens is 246 g/mol. The van der Waals surface area contributed by atoms with Gasteiger partial charge in [-0.2, -0.15) is 9.48 Å². The standard InChI is InChI=1S/C15H32NO.ClH/c1-3-4-5-6-7-8-9-10-11-12-13-16(2)14-15-17-16;/h3-15H2,1-2H3;1H/q+1;/p-1. The zero-order valence-corrected chi connectivity index (χ0v) is 13.2. The molecule has 18 heavy (non-hydrogen) atoms. The van der Waals surface area contributed by atoms with Gasteiger partial charge in [-0.1, -0.05) is 58.3 Å². The first-order valence-electron chi connectivity index (χ1n) is 7.76. The van der Waals surface area contributed by atoms with E-state index in [1.54, 1.807) is 0 Å². The molecule has 0 amide bonds. The van der Waals surface area contributed by atoms with Gasteiger partial charge in [-0.3, -0.25) is 0 Å². The van der Waals surface area contributed by atoms with Crippen LogP contribution in [0.3, 0.4) is 0 Å². The smallest absolute Gasteiger partial charge is 0.158 e. The molecule has 0 bridgehead atoms. The average Bonchev–Trinajstić information content (AvgIpc) is 2.29. The highest BCUT2D eigenvalue weighted by atomic mass is 35.5. The predicted molar refractivity (Wildman–Crippen MR) is 73.7 cm³/mol. The molecule has 110 valence electrons. The van der Waals surface area contributed by atoms with Gasteiger partial charge in [0.15, 0.2) is 6.61 Å². The van der Waals surface area contributed by atoms with E-state index in [4.69, 9.17) is 4.84 Å². The highest BCUT2D eigenvalue weighted by Crippen LogP contribution is 2.16. The van der Waals surface area contributed by atoms with Crippen molar-refractivity contribution in [2.45, 2.75) is 71.1 Å². The molecule has 1 aliphatic rings. The summed E-state index contributed by atoms with van der Waals surface area (Å²) in [6, 6.07) is 0. The molecule has 1 heterocycles. The van der Waals surface area contributed by atoms with Gasteiger partial charge in [0.05, 0.1) is 7.05 Å². The molecule has 1 atom stereocenters. The molecule has 1 aliphatic heterocycles. The summed E-state index contributed by atoms with van der Waals surface area (Å²) in [5.41, 5.74) is 0. The van der Waals surface area contributed by atoms with E-state index in [1.165, 1.54) is 77.3 Å². The number of unbranched alkanes of at least 4 members (excludes halogenated alkanes) is 9. The van der Waals surface area contributed by atoms with E-state index in [2.05, 4.69) is 14.0 Å². The lowest BCUT2D eigenvalue weighted by Gasteiger charge is -2.38. The van der Waals surface area contributed by atoms with Crippen molar-refractivity contribution in [2.24, 2.45) is 0 Å². The molecule has 0 aromatic heterocycles. The van der Waals surface area contributed by atoms with Crippen LogP contribution in [0, 0.1) is 0 Å². The van der Waals surface area contributed by atoms with Gasteiger partial charge in [0.1, 0.15) is 13.1 Å². The van der Waals surface area contributed by atoms with Gasteiger partial charge in [0, 0.05) is 0 Å². The maximum absolute atomic E-state index is 5.54. The summed E-state index contributed by atoms with van der Waals surface area (Å²) in [6.45, 7) is 5.69. The number of hydrogen-bond donors (Lipinski definition) is 0. The Balaban J connectivity index is 0.00000289. The molecule has 1 fully saturated rings. The maximum atomic E-state index is 5.54. The van der Waals surface area contributed by atoms with Crippen LogP contribution in [0.15, 0.2) is 0 Å². The molecule has 0 radical (unpaired) electrons. The van der Waals surface area contributed by atoms with Crippen molar-refractivity contribution in [2.75, 3.05) is 26.7 Å². The molecular formula is C15H32ClNO. The van der Waals surface area contributed by atoms with E-state index in [9.17, 15) is 0 Å². The highest BCUT2D eigenvalue weighted by Gasteiger charge is 2.32. The Morgan fingerprint density at radius 1 is 0.833 bits per heavy atom. The predicted octanol–water partition coefficient (Wildman–Crippen LogP) is 1.30. The Morgan fingerprint density at radius 2 is 1.28 bits per heavy atom. The van der Waals surface area contributed by atoms with Gasteiger partial charge in [-0.05, 0) is 12.8 Å². The van der Waals surface area contributed by atoms with E-state index < -0.39 is 0 Å². The molecule has 0 N–H and O–H groups in total. The summed E-state index contributed by atoms with van der Waals surface area (Å²) < 4.78 is 0.872. The molecule has 2 nitrogen and oxygen atoms in total. The molecule has 0 spiro atoms. The molecule has 0 saturated carbocycles. The monoisotopic (exact) mass is 277 g/mol. The van der Waals surface area contributed by atoms with E-state index >= 15 is 0 Å². The van der Waals surface area contributed by atoms with Gasteiger partial charge < -0.3 is 12.4 Å². The Labute approximate surface area is 120 Å². The van der Waals surface area contributed by atoms with Crippen LogP contribution in [0.5, 0.6) is 0 Å². The number of nitrogens with zero attached hydrogens (tertiary/aromatic N) is 1. The zero-order chi connectivity index (χ0) is 12.4. The van der Waals surface area contributed by atoms with Crippen molar-refractivity contribution in [1.82, 2.24) is 0 Å². The normalized spacial score (nSPS) is 22.3. The topological polar surface area (TPSA) is 9.23 Å². The SMILES string of the molecule is CCCCCCCCCCCC[N+]1(C)CCO1.[Cl-]. The number of quaternary nitrogens is 1. The summed E-state index contributed by atoms with van der Waals surface area (Å²) in [5, 5.41) is 0. The van der Waals surface area contributed by atoms with Crippen LogP contribution in [0.25, 0.3) is 0 Å². The van der Waals surface area contributed by atoms with E-state index in [0.29, 0.717) is 0 Å². The van der Waals surface area contributed by atoms with Crippen molar-refractivity contribution in [3.8, 4) is 0 Å². The van der Waals surface area contributed by atoms with Gasteiger partial charge in [0.25, 0.3) is 0 Å². The third kappa shape index (κ3) is 8.34. The van der Waals surface area contributed by atoms with E-state index in [0.717, 1.165) is 11.3 Å². The van der Waals surface area contributed by atoms with Crippen molar-refractivity contribution in [1.29, 1.82) is 0 Å². The van der Waals surface area contributed by atoms with Gasteiger partial charge in [-0.25, -0.2) is 0 Å². The van der Waals surface area contributed by atoms with Crippen LogP contribution in [-0.2, 0) is 4.84 Å². The Bertz CT molecular complexity index is 183. The summed E-state index contributed by atoms with van der Waals surface area (Å²) in [6.07, 6.45) is 14.2. The van der Waals surface area contributed by atoms with Gasteiger partial charge >= 0.3 is 0 Å². The summed E-state index contributed by atoms with van der Waals surface area (Å²) in [7, 11) is 2.21. The zero-order valence-electron chi connectivity index (χ0n) is 12.4. The molecule has 3 heteroatoms. The maximum Gasteiger partial charge on any atom is 0.158 e. The lowest BCUT2D eigenvalue weighted by Crippen LogP contribution is -3.00. The van der Waals surface area contributed by atoms with Crippen LogP contribution in [0.1, 0.15) is 71.1 Å². The van der Waals surface area contributed by atoms with E-state index in [1.807, 2.05) is 0 Å². The molecule has 0 aromatic rings. The summed E-state index contributed by atoms with van der Waals surface area (Å²) in [5.74, 6) is 0. The summed E-state index contributed by atoms with van der Waals surface area (Å²) >= 11 is 0. The van der Waals surface area contributed by atoms with E-state index in [-0.39, 0.29) is 12.4 Å². The van der Waals surface area contributed by atoms with Crippen molar-refractivity contribution >= 4 is 0 Å². The number of hydrogen-bond acceptors (Lipinski definition) is 1. The number of rotatable bonds is 11. The second kappa shape index (κ2) is 11.1. The first-order valence-corrected chi connectivity index (χ1v) is 7.76. The number of likely N-dealkylation sites (N-methyl/N-ethyl adjacent to an activating group) is 1. The third-order valence-electron chi connectivity index (χ3n) is 3.95. The van der Waals surface area contributed by atoms with Crippen LogP contribution < -0.4 is 12.4 Å². The van der Waals surface area contributed by atoms with Crippen molar-refractivity contribution in [3.63, 3.8) is 0 Å². The van der Waals surface area contributed by atoms with Gasteiger partial charge in [-0.15, -0.1) is 0 Å². The minimum Gasteiger partial charge on any atom is -1.00 e. The second-order valence-corrected chi connectivity index (χ2v) is 5.76. The summed E-state index contributed by atoms with van der Waals surface area (Å²) in [4.78, 5) is 5.54. The van der Waals surface area contributed by atoms with Gasteiger partial charge in [0.2, 0.25) is 0 Å². The largest absolute Gasteiger partial charge is 1.00 e. The lowest BCUT2D eigenvalue weighted by atomic mass is 10.1. The Kier molecular flexibility index (Phi) is 11.2. The fourth-order valence-electron chi connectivity index (χ4n) is 2.51. The fourth-order valence-corrected chi connectivity index (χ4v) is 2.51. The third-order valence-corrected chi connectivity index (χ3v) is 3.95. The van der Waals surface area contributed by atoms with Crippen LogP contribution >= 0.6 is 0 Å². The first-order chi connectivity index (χ1) is 8.27. The first kappa shape index (κ1) is 18.2. The average molecular weight is 278 g/mol. The van der Waals surface area contributed by atoms with Crippen LogP contribution in [0.2, 0.25) is 0 Å². The van der Waals surface area contributed by atoms with Crippen molar-refractivity contribution in [3.05, 3.63) is 0 Å². The second-order valence-electron chi connectivity index (χ2n) is 5.76. The molecule has 1 rings (SSSR count). The fraction of sp³-hybridized carbons (Fsp3) is 1.00. The molecule has 0 aromatic carbocycles. The lowest BCUT2D eigenvalue weighted by molar-refractivity contribution is -1.14. The van der Waals surface area contributed by atoms with Crippen molar-refractivity contribution < 1.29 is 21.9 Å². The molecule has 1 unspecified atom stereocenters. The minimum atomic E-state index is 0. The Morgan fingerprint density at radius 3 is 1.67 bits per heavy atom. The molecule has 0 aliphatic carbocycles. The Hall–Kier alpha value is 0.210. The number of halogens is 1. The molecule has 1 saturated heterocycles. The highest BCUT2D eigenvalue weighted by molar-refractivity contribution is 4.48. The van der Waals surface area contributed by atoms with Crippen LogP contribution in [-0.4, -0.2) is 31.4 Å². The van der Waals surface area contributed by atoms with Crippen LogP contribution in [0.4, 0.5) is 0 Å². The number of hydroxylamine groups is 3. The quantitative estimate of drug-likeness (QED) is 0.409. The minimum absolute atomic E-state index is 0.